The van der Waals surface area contributed by atoms with Crippen LogP contribution in [0.25, 0.3) is 0 Å². The number of aromatic nitrogens is 1. The maximum absolute atomic E-state index is 12.7. The van der Waals surface area contributed by atoms with Crippen molar-refractivity contribution in [2.45, 2.75) is 11.4 Å². The van der Waals surface area contributed by atoms with E-state index in [1.165, 1.54) is 65.4 Å². The van der Waals surface area contributed by atoms with Crippen LogP contribution in [0.4, 0.5) is 11.4 Å². The van der Waals surface area contributed by atoms with Crippen molar-refractivity contribution in [1.82, 2.24) is 4.57 Å². The normalized spacial score (nSPS) is 11.1. The number of rotatable bonds is 6. The quantitative estimate of drug-likeness (QED) is 0.450. The first-order chi connectivity index (χ1) is 14.1. The zero-order chi connectivity index (χ0) is 21.9. The molecule has 1 heterocycles. The van der Waals surface area contributed by atoms with Crippen molar-refractivity contribution in [2.75, 3.05) is 5.32 Å². The zero-order valence-electron chi connectivity index (χ0n) is 15.4. The van der Waals surface area contributed by atoms with Gasteiger partial charge in [-0.2, -0.15) is 0 Å². The van der Waals surface area contributed by atoms with Gasteiger partial charge in [0.25, 0.3) is 17.2 Å². The molecule has 1 aromatic heterocycles. The van der Waals surface area contributed by atoms with E-state index in [1.54, 1.807) is 6.07 Å². The Morgan fingerprint density at radius 3 is 2.43 bits per heavy atom. The number of nitrogens with two attached hydrogens (primary N) is 1. The van der Waals surface area contributed by atoms with E-state index in [1.807, 2.05) is 0 Å². The monoisotopic (exact) mass is 428 g/mol. The molecule has 0 aliphatic carbocycles. The van der Waals surface area contributed by atoms with Crippen molar-refractivity contribution in [3.8, 4) is 0 Å². The molecule has 0 bridgehead atoms. The molecule has 1 amide bonds. The molecule has 3 rings (SSSR count). The molecule has 0 saturated carbocycles. The number of hydrogen-bond acceptors (Lipinski definition) is 6. The van der Waals surface area contributed by atoms with E-state index in [9.17, 15) is 28.1 Å². The van der Waals surface area contributed by atoms with Crippen molar-refractivity contribution in [2.24, 2.45) is 5.14 Å². The Kier molecular flexibility index (Phi) is 5.76. The lowest BCUT2D eigenvalue weighted by Gasteiger charge is -2.09. The number of primary sulfonamides is 1. The molecule has 154 valence electrons. The van der Waals surface area contributed by atoms with E-state index in [0.29, 0.717) is 5.56 Å². The molecule has 2 aromatic carbocycles. The first-order valence-corrected chi connectivity index (χ1v) is 10.1. The third-order valence-electron chi connectivity index (χ3n) is 4.18. The van der Waals surface area contributed by atoms with Crippen molar-refractivity contribution in [3.63, 3.8) is 0 Å². The number of anilines is 1. The summed E-state index contributed by atoms with van der Waals surface area (Å²) < 4.78 is 23.8. The summed E-state index contributed by atoms with van der Waals surface area (Å²) in [4.78, 5) is 35.5. The van der Waals surface area contributed by atoms with Crippen molar-refractivity contribution >= 4 is 27.3 Å². The van der Waals surface area contributed by atoms with Gasteiger partial charge in [0.2, 0.25) is 10.0 Å². The number of benzene rings is 2. The molecule has 0 aliphatic rings. The first-order valence-electron chi connectivity index (χ1n) is 8.52. The van der Waals surface area contributed by atoms with E-state index in [2.05, 4.69) is 5.32 Å². The van der Waals surface area contributed by atoms with Gasteiger partial charge in [0, 0.05) is 24.0 Å². The SMILES string of the molecule is NS(=O)(=O)c1ccc(NC(=O)c2cccn(Cc3cccc([N+](=O)[O-])c3)c2=O)cc1. The molecule has 0 atom stereocenters. The lowest BCUT2D eigenvalue weighted by molar-refractivity contribution is -0.384. The Bertz CT molecular complexity index is 1280. The second-order valence-corrected chi connectivity index (χ2v) is 7.87. The van der Waals surface area contributed by atoms with Crippen LogP contribution in [0.2, 0.25) is 0 Å². The highest BCUT2D eigenvalue weighted by Gasteiger charge is 2.14. The summed E-state index contributed by atoms with van der Waals surface area (Å²) in [5, 5.41) is 18.5. The molecule has 3 aromatic rings. The van der Waals surface area contributed by atoms with Gasteiger partial charge in [-0.05, 0) is 42.0 Å². The number of carbonyl (C=O) groups excluding carboxylic acids is 1. The van der Waals surface area contributed by atoms with Crippen LogP contribution in [-0.2, 0) is 16.6 Å². The minimum atomic E-state index is -3.86. The van der Waals surface area contributed by atoms with Crippen molar-refractivity contribution < 1.29 is 18.1 Å². The number of carbonyl (C=O) groups is 1. The molecule has 0 radical (unpaired) electrons. The number of amides is 1. The van der Waals surface area contributed by atoms with E-state index in [-0.39, 0.29) is 28.4 Å². The zero-order valence-corrected chi connectivity index (χ0v) is 16.2. The summed E-state index contributed by atoms with van der Waals surface area (Å²) in [6, 6.07) is 13.9. The smallest absolute Gasteiger partial charge is 0.269 e. The third-order valence-corrected chi connectivity index (χ3v) is 5.11. The Balaban J connectivity index is 1.82. The van der Waals surface area contributed by atoms with Gasteiger partial charge in [0.05, 0.1) is 16.4 Å². The van der Waals surface area contributed by atoms with Crippen LogP contribution in [0.5, 0.6) is 0 Å². The van der Waals surface area contributed by atoms with Crippen LogP contribution in [-0.4, -0.2) is 23.8 Å². The van der Waals surface area contributed by atoms with Gasteiger partial charge in [0.1, 0.15) is 5.56 Å². The molecule has 0 unspecified atom stereocenters. The highest BCUT2D eigenvalue weighted by atomic mass is 32.2. The van der Waals surface area contributed by atoms with Gasteiger partial charge in [0.15, 0.2) is 0 Å². The van der Waals surface area contributed by atoms with Gasteiger partial charge in [-0.15, -0.1) is 0 Å². The molecule has 0 saturated heterocycles. The fraction of sp³-hybridized carbons (Fsp3) is 0.0526. The van der Waals surface area contributed by atoms with Crippen LogP contribution >= 0.6 is 0 Å². The van der Waals surface area contributed by atoms with Crippen LogP contribution in [0.3, 0.4) is 0 Å². The largest absolute Gasteiger partial charge is 0.322 e. The van der Waals surface area contributed by atoms with E-state index in [4.69, 9.17) is 5.14 Å². The number of nitro benzene ring substituents is 1. The van der Waals surface area contributed by atoms with Crippen LogP contribution in [0.15, 0.2) is 76.6 Å². The predicted molar refractivity (Wildman–Crippen MR) is 109 cm³/mol. The number of nitro groups is 1. The second kappa shape index (κ2) is 8.27. The van der Waals surface area contributed by atoms with E-state index >= 15 is 0 Å². The van der Waals surface area contributed by atoms with Gasteiger partial charge in [-0.25, -0.2) is 13.6 Å². The van der Waals surface area contributed by atoms with Crippen LogP contribution in [0.1, 0.15) is 15.9 Å². The third kappa shape index (κ3) is 4.77. The number of pyridine rings is 1. The molecule has 11 heteroatoms. The minimum Gasteiger partial charge on any atom is -0.322 e. The average Bonchev–Trinajstić information content (AvgIpc) is 2.69. The topological polar surface area (TPSA) is 154 Å². The van der Waals surface area contributed by atoms with E-state index < -0.39 is 26.4 Å². The van der Waals surface area contributed by atoms with Crippen LogP contribution < -0.4 is 16.0 Å². The Morgan fingerprint density at radius 2 is 1.80 bits per heavy atom. The fourth-order valence-corrected chi connectivity index (χ4v) is 3.24. The average molecular weight is 428 g/mol. The number of hydrogen-bond donors (Lipinski definition) is 2. The predicted octanol–water partition coefficient (Wildman–Crippen LogP) is 1.70. The molecule has 10 nitrogen and oxygen atoms in total. The summed E-state index contributed by atoms with van der Waals surface area (Å²) in [7, 11) is -3.86. The molecular weight excluding hydrogens is 412 g/mol. The standard InChI is InChI=1S/C19H16N4O6S/c20-30(28,29)16-8-6-14(7-9-16)21-18(24)17-5-2-10-22(19(17)25)12-13-3-1-4-15(11-13)23(26)27/h1-11H,12H2,(H,21,24)(H2,20,28,29). The van der Waals surface area contributed by atoms with Crippen molar-refractivity contribution in [3.05, 3.63) is 98.5 Å². The van der Waals surface area contributed by atoms with Gasteiger partial charge in [-0.3, -0.25) is 19.7 Å². The lowest BCUT2D eigenvalue weighted by atomic mass is 10.2. The molecule has 3 N–H and O–H groups in total. The minimum absolute atomic E-state index is 0.0463. The fourth-order valence-electron chi connectivity index (χ4n) is 2.73. The summed E-state index contributed by atoms with van der Waals surface area (Å²) in [6.07, 6.45) is 1.47. The number of non-ortho nitro benzene ring substituents is 1. The molecular formula is C19H16N4O6S. The summed E-state index contributed by atoms with van der Waals surface area (Å²) in [6.45, 7) is 0.0463. The molecule has 30 heavy (non-hydrogen) atoms. The lowest BCUT2D eigenvalue weighted by Crippen LogP contribution is -2.29. The number of nitrogens with zero attached hydrogens (tertiary/aromatic N) is 2. The molecule has 0 fully saturated rings. The summed E-state index contributed by atoms with van der Waals surface area (Å²) in [5.41, 5.74) is -0.0122. The second-order valence-electron chi connectivity index (χ2n) is 6.31. The Labute approximate surface area is 170 Å². The maximum Gasteiger partial charge on any atom is 0.269 e. The molecule has 0 spiro atoms. The molecule has 0 aliphatic heterocycles. The van der Waals surface area contributed by atoms with Gasteiger partial charge >= 0.3 is 0 Å². The van der Waals surface area contributed by atoms with Crippen molar-refractivity contribution in [1.29, 1.82) is 0 Å². The Hall–Kier alpha value is -3.83. The van der Waals surface area contributed by atoms with Crippen LogP contribution in [0, 0.1) is 10.1 Å². The summed E-state index contributed by atoms with van der Waals surface area (Å²) >= 11 is 0. The number of sulfonamides is 1. The summed E-state index contributed by atoms with van der Waals surface area (Å²) in [5.74, 6) is -0.684. The highest BCUT2D eigenvalue weighted by Crippen LogP contribution is 2.15. The Morgan fingerprint density at radius 1 is 1.10 bits per heavy atom. The number of nitrogens with one attached hydrogen (secondary N) is 1. The van der Waals surface area contributed by atoms with Gasteiger partial charge < -0.3 is 9.88 Å². The highest BCUT2D eigenvalue weighted by molar-refractivity contribution is 7.89. The van der Waals surface area contributed by atoms with Gasteiger partial charge in [-0.1, -0.05) is 12.1 Å². The van der Waals surface area contributed by atoms with E-state index in [0.717, 1.165) is 0 Å². The maximum atomic E-state index is 12.7. The first kappa shape index (κ1) is 20.9.